The van der Waals surface area contributed by atoms with Gasteiger partial charge in [-0.25, -0.2) is 0 Å². The summed E-state index contributed by atoms with van der Waals surface area (Å²) in [7, 11) is 1.63. The van der Waals surface area contributed by atoms with Crippen molar-refractivity contribution in [3.05, 3.63) is 59.2 Å². The number of hydrogen-bond donors (Lipinski definition) is 2. The van der Waals surface area contributed by atoms with Crippen molar-refractivity contribution in [3.63, 3.8) is 0 Å². The summed E-state index contributed by atoms with van der Waals surface area (Å²) in [5.74, 6) is 0.664. The number of amides is 2. The van der Waals surface area contributed by atoms with Crippen molar-refractivity contribution in [2.45, 2.75) is 12.8 Å². The molecule has 0 unspecified atom stereocenters. The van der Waals surface area contributed by atoms with Crippen molar-refractivity contribution in [1.29, 1.82) is 0 Å². The minimum atomic E-state index is -0.124. The van der Waals surface area contributed by atoms with Gasteiger partial charge < -0.3 is 15.4 Å². The van der Waals surface area contributed by atoms with Crippen LogP contribution in [0.5, 0.6) is 5.75 Å². The Bertz CT molecular complexity index is 738. The second kappa shape index (κ2) is 6.52. The third-order valence-corrected chi connectivity index (χ3v) is 3.85. The van der Waals surface area contributed by atoms with E-state index in [0.717, 1.165) is 29.0 Å². The van der Waals surface area contributed by atoms with Crippen LogP contribution in [0.3, 0.4) is 0 Å². The molecule has 2 N–H and O–H groups in total. The number of ether oxygens (including phenoxy) is 1. The van der Waals surface area contributed by atoms with Crippen molar-refractivity contribution >= 4 is 17.5 Å². The van der Waals surface area contributed by atoms with Gasteiger partial charge in [-0.05, 0) is 47.9 Å². The molecule has 2 amide bonds. The maximum Gasteiger partial charge on any atom is 0.251 e. The first kappa shape index (κ1) is 15.1. The number of anilines is 1. The van der Waals surface area contributed by atoms with Crippen molar-refractivity contribution in [2.75, 3.05) is 19.0 Å². The average molecular weight is 310 g/mol. The molecule has 1 aliphatic rings. The number of carbonyl (C=O) groups excluding carboxylic acids is 2. The lowest BCUT2D eigenvalue weighted by Gasteiger charge is -2.07. The van der Waals surface area contributed by atoms with Gasteiger partial charge in [0.15, 0.2) is 0 Å². The smallest absolute Gasteiger partial charge is 0.251 e. The van der Waals surface area contributed by atoms with Crippen LogP contribution in [-0.4, -0.2) is 25.5 Å². The predicted molar refractivity (Wildman–Crippen MR) is 87.8 cm³/mol. The molecule has 5 nitrogen and oxygen atoms in total. The maximum atomic E-state index is 12.2. The number of benzene rings is 2. The van der Waals surface area contributed by atoms with Crippen LogP contribution < -0.4 is 15.4 Å². The molecule has 5 heteroatoms. The molecule has 0 bridgehead atoms. The molecule has 1 aliphatic heterocycles. The van der Waals surface area contributed by atoms with Crippen molar-refractivity contribution in [1.82, 2.24) is 5.32 Å². The Balaban J connectivity index is 1.55. The molecule has 23 heavy (non-hydrogen) atoms. The number of hydrogen-bond acceptors (Lipinski definition) is 3. The fraction of sp³-hybridized carbons (Fsp3) is 0.222. The molecule has 2 aromatic carbocycles. The summed E-state index contributed by atoms with van der Waals surface area (Å²) in [5, 5.41) is 5.66. The standard InChI is InChI=1S/C18H18N2O3/c1-23-15-5-2-12(3-6-15)8-9-19-18(22)13-4-7-16-14(10-13)11-17(21)20-16/h2-7,10H,8-9,11H2,1H3,(H,19,22)(H,20,21). The van der Waals surface area contributed by atoms with Gasteiger partial charge in [-0.15, -0.1) is 0 Å². The zero-order valence-corrected chi connectivity index (χ0v) is 12.9. The summed E-state index contributed by atoms with van der Waals surface area (Å²) < 4.78 is 5.11. The van der Waals surface area contributed by atoms with Crippen LogP contribution in [0.2, 0.25) is 0 Å². The predicted octanol–water partition coefficient (Wildman–Crippen LogP) is 2.16. The summed E-state index contributed by atoms with van der Waals surface area (Å²) in [6, 6.07) is 13.1. The first-order valence-electron chi connectivity index (χ1n) is 7.49. The summed E-state index contributed by atoms with van der Waals surface area (Å²) >= 11 is 0. The lowest BCUT2D eigenvalue weighted by Crippen LogP contribution is -2.25. The van der Waals surface area contributed by atoms with Crippen LogP contribution in [0.1, 0.15) is 21.5 Å². The van der Waals surface area contributed by atoms with Gasteiger partial charge in [-0.3, -0.25) is 9.59 Å². The van der Waals surface area contributed by atoms with Crippen LogP contribution >= 0.6 is 0 Å². The lowest BCUT2D eigenvalue weighted by molar-refractivity contribution is -0.115. The monoisotopic (exact) mass is 310 g/mol. The molecule has 0 saturated carbocycles. The highest BCUT2D eigenvalue weighted by Gasteiger charge is 2.18. The molecule has 0 aliphatic carbocycles. The SMILES string of the molecule is COc1ccc(CCNC(=O)c2ccc3c(c2)CC(=O)N3)cc1. The highest BCUT2D eigenvalue weighted by Crippen LogP contribution is 2.23. The van der Waals surface area contributed by atoms with E-state index < -0.39 is 0 Å². The fourth-order valence-corrected chi connectivity index (χ4v) is 2.59. The first-order valence-corrected chi connectivity index (χ1v) is 7.49. The quantitative estimate of drug-likeness (QED) is 0.889. The van der Waals surface area contributed by atoms with Gasteiger partial charge in [0, 0.05) is 17.8 Å². The van der Waals surface area contributed by atoms with Gasteiger partial charge in [-0.1, -0.05) is 12.1 Å². The Morgan fingerprint density at radius 2 is 2.00 bits per heavy atom. The Labute approximate surface area is 134 Å². The van der Waals surface area contributed by atoms with Crippen LogP contribution in [0.15, 0.2) is 42.5 Å². The summed E-state index contributed by atoms with van der Waals surface area (Å²) in [5.41, 5.74) is 3.38. The van der Waals surface area contributed by atoms with Crippen LogP contribution in [0.4, 0.5) is 5.69 Å². The van der Waals surface area contributed by atoms with Gasteiger partial charge in [0.25, 0.3) is 5.91 Å². The molecular weight excluding hydrogens is 292 g/mol. The number of rotatable bonds is 5. The van der Waals surface area contributed by atoms with E-state index in [2.05, 4.69) is 10.6 Å². The van der Waals surface area contributed by atoms with E-state index in [0.29, 0.717) is 18.5 Å². The number of carbonyl (C=O) groups is 2. The van der Waals surface area contributed by atoms with E-state index >= 15 is 0 Å². The third-order valence-electron chi connectivity index (χ3n) is 3.85. The Morgan fingerprint density at radius 3 is 2.74 bits per heavy atom. The summed E-state index contributed by atoms with van der Waals surface area (Å²) in [6.07, 6.45) is 1.09. The van der Waals surface area contributed by atoms with Crippen molar-refractivity contribution < 1.29 is 14.3 Å². The number of methoxy groups -OCH3 is 1. The Morgan fingerprint density at radius 1 is 1.22 bits per heavy atom. The largest absolute Gasteiger partial charge is 0.497 e. The van der Waals surface area contributed by atoms with E-state index in [9.17, 15) is 9.59 Å². The summed E-state index contributed by atoms with van der Waals surface area (Å²) in [6.45, 7) is 0.555. The minimum absolute atomic E-state index is 0.0305. The first-order chi connectivity index (χ1) is 11.2. The Kier molecular flexibility index (Phi) is 4.28. The van der Waals surface area contributed by atoms with Gasteiger partial charge >= 0.3 is 0 Å². The average Bonchev–Trinajstić information content (AvgIpc) is 2.94. The van der Waals surface area contributed by atoms with Gasteiger partial charge in [0.1, 0.15) is 5.75 Å². The molecule has 0 saturated heterocycles. The van der Waals surface area contributed by atoms with Gasteiger partial charge in [-0.2, -0.15) is 0 Å². The second-order valence-corrected chi connectivity index (χ2v) is 5.45. The highest BCUT2D eigenvalue weighted by atomic mass is 16.5. The number of fused-ring (bicyclic) bond motifs is 1. The van der Waals surface area contributed by atoms with Crippen LogP contribution in [0, 0.1) is 0 Å². The van der Waals surface area contributed by atoms with Gasteiger partial charge in [0.05, 0.1) is 13.5 Å². The Hall–Kier alpha value is -2.82. The third kappa shape index (κ3) is 3.51. The van der Waals surface area contributed by atoms with E-state index in [1.807, 2.05) is 24.3 Å². The topological polar surface area (TPSA) is 67.4 Å². The van der Waals surface area contributed by atoms with Crippen LogP contribution in [-0.2, 0) is 17.6 Å². The molecule has 0 spiro atoms. The van der Waals surface area contributed by atoms with E-state index in [-0.39, 0.29) is 11.8 Å². The zero-order valence-electron chi connectivity index (χ0n) is 12.9. The lowest BCUT2D eigenvalue weighted by atomic mass is 10.1. The molecule has 0 atom stereocenters. The maximum absolute atomic E-state index is 12.2. The molecule has 1 heterocycles. The normalized spacial score (nSPS) is 12.5. The summed E-state index contributed by atoms with van der Waals surface area (Å²) in [4.78, 5) is 23.5. The van der Waals surface area contributed by atoms with E-state index in [1.165, 1.54) is 0 Å². The highest BCUT2D eigenvalue weighted by molar-refractivity contribution is 6.01. The van der Waals surface area contributed by atoms with Crippen molar-refractivity contribution in [2.24, 2.45) is 0 Å². The second-order valence-electron chi connectivity index (χ2n) is 5.45. The molecular formula is C18H18N2O3. The zero-order chi connectivity index (χ0) is 16.2. The minimum Gasteiger partial charge on any atom is -0.497 e. The van der Waals surface area contributed by atoms with E-state index in [1.54, 1.807) is 25.3 Å². The molecule has 0 aromatic heterocycles. The molecule has 0 radical (unpaired) electrons. The molecule has 3 rings (SSSR count). The molecule has 2 aromatic rings. The molecule has 0 fully saturated rings. The fourth-order valence-electron chi connectivity index (χ4n) is 2.59. The number of nitrogens with one attached hydrogen (secondary N) is 2. The van der Waals surface area contributed by atoms with Crippen LogP contribution in [0.25, 0.3) is 0 Å². The van der Waals surface area contributed by atoms with Crippen molar-refractivity contribution in [3.8, 4) is 5.75 Å². The van der Waals surface area contributed by atoms with E-state index in [4.69, 9.17) is 4.74 Å². The van der Waals surface area contributed by atoms with Gasteiger partial charge in [0.2, 0.25) is 5.91 Å². The molecule has 118 valence electrons.